The molecule has 0 aromatic heterocycles. The minimum atomic E-state index is -0.513. The topological polar surface area (TPSA) is 84.4 Å². The van der Waals surface area contributed by atoms with Crippen molar-refractivity contribution in [2.75, 3.05) is 37.2 Å². The van der Waals surface area contributed by atoms with Crippen LogP contribution < -0.4 is 11.1 Å². The summed E-state index contributed by atoms with van der Waals surface area (Å²) < 4.78 is 0. The van der Waals surface area contributed by atoms with Crippen LogP contribution in [0, 0.1) is 10.1 Å². The molecule has 3 N–H and O–H groups in total. The number of nitrogen functional groups attached to an aromatic ring is 1. The number of nitrogens with one attached hydrogen (secondary N) is 1. The monoisotopic (exact) mass is 286 g/mol. The van der Waals surface area contributed by atoms with Gasteiger partial charge in [-0.3, -0.25) is 10.1 Å². The molecular weight excluding hydrogens is 268 g/mol. The number of hydrogen-bond acceptors (Lipinski definition) is 5. The number of nitro groups is 1. The average Bonchev–Trinajstić information content (AvgIpc) is 2.36. The van der Waals surface area contributed by atoms with Gasteiger partial charge < -0.3 is 16.0 Å². The van der Waals surface area contributed by atoms with E-state index in [2.05, 4.69) is 24.1 Å². The molecule has 0 spiro atoms. The fourth-order valence-corrected chi connectivity index (χ4v) is 2.00. The molecule has 0 amide bonds. The third-order valence-electron chi connectivity index (χ3n) is 2.95. The van der Waals surface area contributed by atoms with Crippen LogP contribution in [0.2, 0.25) is 5.02 Å². The zero-order valence-electron chi connectivity index (χ0n) is 11.1. The molecule has 0 unspecified atom stereocenters. The van der Waals surface area contributed by atoms with Gasteiger partial charge >= 0.3 is 0 Å². The fourth-order valence-electron chi connectivity index (χ4n) is 1.76. The van der Waals surface area contributed by atoms with Gasteiger partial charge in [-0.25, -0.2) is 0 Å². The quantitative estimate of drug-likeness (QED) is 0.457. The smallest absolute Gasteiger partial charge is 0.294 e. The van der Waals surface area contributed by atoms with Crippen LogP contribution in [0.3, 0.4) is 0 Å². The molecule has 0 atom stereocenters. The zero-order chi connectivity index (χ0) is 14.4. The molecular formula is C12H19ClN4O2. The summed E-state index contributed by atoms with van der Waals surface area (Å²) in [5.41, 5.74) is 6.03. The number of nitrogens with zero attached hydrogens (tertiary/aromatic N) is 2. The predicted octanol–water partition coefficient (Wildman–Crippen LogP) is 2.58. The number of nitrogens with two attached hydrogens (primary N) is 1. The summed E-state index contributed by atoms with van der Waals surface area (Å²) in [5, 5.41) is 14.3. The Bertz CT molecular complexity index is 450. The number of anilines is 2. The average molecular weight is 287 g/mol. The van der Waals surface area contributed by atoms with Crippen molar-refractivity contribution >= 4 is 28.7 Å². The van der Waals surface area contributed by atoms with Crippen LogP contribution in [0.1, 0.15) is 13.8 Å². The van der Waals surface area contributed by atoms with Crippen LogP contribution >= 0.6 is 11.6 Å². The second kappa shape index (κ2) is 7.16. The highest BCUT2D eigenvalue weighted by atomic mass is 35.5. The summed E-state index contributed by atoms with van der Waals surface area (Å²) in [6.45, 7) is 7.63. The van der Waals surface area contributed by atoms with Gasteiger partial charge in [0.1, 0.15) is 5.69 Å². The maximum Gasteiger partial charge on any atom is 0.294 e. The molecule has 1 rings (SSSR count). The molecule has 0 heterocycles. The molecule has 0 saturated carbocycles. The van der Waals surface area contributed by atoms with E-state index in [1.807, 2.05) is 0 Å². The van der Waals surface area contributed by atoms with E-state index in [9.17, 15) is 10.1 Å². The lowest BCUT2D eigenvalue weighted by Crippen LogP contribution is -2.28. The van der Waals surface area contributed by atoms with Crippen molar-refractivity contribution in [1.82, 2.24) is 4.90 Å². The Morgan fingerprint density at radius 1 is 1.42 bits per heavy atom. The Hall–Kier alpha value is -1.53. The lowest BCUT2D eigenvalue weighted by molar-refractivity contribution is -0.383. The summed E-state index contributed by atoms with van der Waals surface area (Å²) >= 11 is 6.01. The third-order valence-corrected chi connectivity index (χ3v) is 3.26. The van der Waals surface area contributed by atoms with Gasteiger partial charge in [-0.15, -0.1) is 0 Å². The molecule has 0 aliphatic rings. The number of hydrogen-bond donors (Lipinski definition) is 2. The van der Waals surface area contributed by atoms with Crippen LogP contribution in [0.15, 0.2) is 12.1 Å². The van der Waals surface area contributed by atoms with Crippen LogP contribution in [0.4, 0.5) is 17.1 Å². The minimum Gasteiger partial charge on any atom is -0.393 e. The van der Waals surface area contributed by atoms with E-state index < -0.39 is 4.92 Å². The molecule has 19 heavy (non-hydrogen) atoms. The third kappa shape index (κ3) is 4.25. The summed E-state index contributed by atoms with van der Waals surface area (Å²) in [5.74, 6) is 0. The molecule has 6 nitrogen and oxygen atoms in total. The standard InChI is InChI=1S/C12H19ClN4O2/c1-3-16(4-2)6-5-15-11-8-12(17(18)19)10(14)7-9(11)13/h7-8,15H,3-6,14H2,1-2H3. The van der Waals surface area contributed by atoms with Crippen molar-refractivity contribution < 1.29 is 4.92 Å². The van der Waals surface area contributed by atoms with Crippen LogP contribution in [0.5, 0.6) is 0 Å². The van der Waals surface area contributed by atoms with Crippen molar-refractivity contribution in [2.24, 2.45) is 0 Å². The van der Waals surface area contributed by atoms with Crippen molar-refractivity contribution in [2.45, 2.75) is 13.8 Å². The second-order valence-electron chi connectivity index (χ2n) is 4.10. The van der Waals surface area contributed by atoms with Gasteiger partial charge in [0.15, 0.2) is 0 Å². The van der Waals surface area contributed by atoms with Crippen molar-refractivity contribution in [3.8, 4) is 0 Å². The number of benzene rings is 1. The summed E-state index contributed by atoms with van der Waals surface area (Å²) in [6, 6.07) is 2.78. The molecule has 0 aliphatic heterocycles. The highest BCUT2D eigenvalue weighted by Crippen LogP contribution is 2.32. The Labute approximate surface area is 117 Å². The molecule has 0 aliphatic carbocycles. The van der Waals surface area contributed by atoms with Gasteiger partial charge in [0.2, 0.25) is 0 Å². The largest absolute Gasteiger partial charge is 0.393 e. The van der Waals surface area contributed by atoms with Crippen molar-refractivity contribution in [3.05, 3.63) is 27.3 Å². The highest BCUT2D eigenvalue weighted by molar-refractivity contribution is 6.33. The Morgan fingerprint density at radius 2 is 2.05 bits per heavy atom. The summed E-state index contributed by atoms with van der Waals surface area (Å²) in [6.07, 6.45) is 0. The Morgan fingerprint density at radius 3 is 2.58 bits per heavy atom. The van der Waals surface area contributed by atoms with E-state index in [-0.39, 0.29) is 11.4 Å². The molecule has 106 valence electrons. The van der Waals surface area contributed by atoms with Gasteiger partial charge in [-0.1, -0.05) is 25.4 Å². The molecule has 1 aromatic carbocycles. The number of rotatable bonds is 7. The minimum absolute atomic E-state index is 0.0734. The molecule has 0 bridgehead atoms. The SMILES string of the molecule is CCN(CC)CCNc1cc([N+](=O)[O-])c(N)cc1Cl. The first-order chi connectivity index (χ1) is 8.99. The lowest BCUT2D eigenvalue weighted by atomic mass is 10.2. The first-order valence-corrected chi connectivity index (χ1v) is 6.57. The zero-order valence-corrected chi connectivity index (χ0v) is 11.9. The predicted molar refractivity (Wildman–Crippen MR) is 78.8 cm³/mol. The van der Waals surface area contributed by atoms with Crippen molar-refractivity contribution in [1.29, 1.82) is 0 Å². The number of nitro benzene ring substituents is 1. The van der Waals surface area contributed by atoms with E-state index in [4.69, 9.17) is 17.3 Å². The molecule has 0 fully saturated rings. The second-order valence-corrected chi connectivity index (χ2v) is 4.51. The van der Waals surface area contributed by atoms with Crippen molar-refractivity contribution in [3.63, 3.8) is 0 Å². The van der Waals surface area contributed by atoms with Crippen LogP contribution in [0.25, 0.3) is 0 Å². The molecule has 0 radical (unpaired) electrons. The van der Waals surface area contributed by atoms with Gasteiger partial charge in [-0.05, 0) is 19.2 Å². The normalized spacial score (nSPS) is 10.7. The van der Waals surface area contributed by atoms with Gasteiger partial charge in [0.05, 0.1) is 15.6 Å². The Balaban J connectivity index is 2.73. The molecule has 7 heteroatoms. The summed E-state index contributed by atoms with van der Waals surface area (Å²) in [4.78, 5) is 12.5. The first kappa shape index (κ1) is 15.5. The summed E-state index contributed by atoms with van der Waals surface area (Å²) in [7, 11) is 0. The fraction of sp³-hybridized carbons (Fsp3) is 0.500. The van der Waals surface area contributed by atoms with Crippen LogP contribution in [-0.2, 0) is 0 Å². The van der Waals surface area contributed by atoms with Gasteiger partial charge in [0, 0.05) is 19.2 Å². The molecule has 0 saturated heterocycles. The van der Waals surface area contributed by atoms with E-state index >= 15 is 0 Å². The van der Waals surface area contributed by atoms with E-state index in [1.54, 1.807) is 0 Å². The Kier molecular flexibility index (Phi) is 5.85. The van der Waals surface area contributed by atoms with E-state index in [0.29, 0.717) is 17.3 Å². The number of likely N-dealkylation sites (N-methyl/N-ethyl adjacent to an activating group) is 1. The van der Waals surface area contributed by atoms with Gasteiger partial charge in [-0.2, -0.15) is 0 Å². The maximum absolute atomic E-state index is 10.8. The highest BCUT2D eigenvalue weighted by Gasteiger charge is 2.15. The van der Waals surface area contributed by atoms with Gasteiger partial charge in [0.25, 0.3) is 5.69 Å². The first-order valence-electron chi connectivity index (χ1n) is 6.19. The maximum atomic E-state index is 10.8. The van der Waals surface area contributed by atoms with E-state index in [1.165, 1.54) is 12.1 Å². The number of halogens is 1. The molecule has 1 aromatic rings. The lowest BCUT2D eigenvalue weighted by Gasteiger charge is -2.18. The van der Waals surface area contributed by atoms with Crippen LogP contribution in [-0.4, -0.2) is 36.0 Å². The van der Waals surface area contributed by atoms with E-state index in [0.717, 1.165) is 19.6 Å².